The fourth-order valence-electron chi connectivity index (χ4n) is 3.40. The van der Waals surface area contributed by atoms with Crippen LogP contribution in [0.4, 0.5) is 0 Å². The predicted octanol–water partition coefficient (Wildman–Crippen LogP) is 7.39. The molecule has 0 radical (unpaired) electrons. The summed E-state index contributed by atoms with van der Waals surface area (Å²) in [5.74, 6) is 1.71. The molecule has 2 rings (SSSR count). The molecule has 0 aliphatic carbocycles. The van der Waals surface area contributed by atoms with E-state index in [9.17, 15) is 0 Å². The van der Waals surface area contributed by atoms with Crippen LogP contribution in [0.25, 0.3) is 11.4 Å². The number of hydrogen-bond donors (Lipinski definition) is 0. The first-order valence-corrected chi connectivity index (χ1v) is 11.3. The fraction of sp³-hybridized carbons (Fsp3) is 0.600. The maximum atomic E-state index is 6.05. The van der Waals surface area contributed by atoms with Crippen molar-refractivity contribution in [3.8, 4) is 17.1 Å². The SMILES string of the molecule is CCCCCCC[C@H](C)Oc1ccc(-c2ncc(CCCCCC)cn2)cc1. The van der Waals surface area contributed by atoms with Crippen LogP contribution in [0, 0.1) is 0 Å². The van der Waals surface area contributed by atoms with Gasteiger partial charge in [-0.15, -0.1) is 0 Å². The van der Waals surface area contributed by atoms with Crippen molar-refractivity contribution in [1.82, 2.24) is 9.97 Å². The van der Waals surface area contributed by atoms with Crippen LogP contribution in [0.2, 0.25) is 0 Å². The quantitative estimate of drug-likeness (QED) is 0.319. The third-order valence-corrected chi connectivity index (χ3v) is 5.19. The molecule has 28 heavy (non-hydrogen) atoms. The lowest BCUT2D eigenvalue weighted by atomic mass is 10.1. The van der Waals surface area contributed by atoms with Crippen molar-refractivity contribution in [2.45, 2.75) is 97.5 Å². The zero-order chi connectivity index (χ0) is 20.0. The van der Waals surface area contributed by atoms with E-state index < -0.39 is 0 Å². The Morgan fingerprint density at radius 2 is 1.39 bits per heavy atom. The van der Waals surface area contributed by atoms with E-state index in [-0.39, 0.29) is 6.10 Å². The van der Waals surface area contributed by atoms with E-state index in [2.05, 4.69) is 42.9 Å². The largest absolute Gasteiger partial charge is 0.491 e. The van der Waals surface area contributed by atoms with Crippen LogP contribution < -0.4 is 4.74 Å². The lowest BCUT2D eigenvalue weighted by Crippen LogP contribution is -2.11. The van der Waals surface area contributed by atoms with Crippen LogP contribution in [-0.2, 0) is 6.42 Å². The minimum absolute atomic E-state index is 0.260. The van der Waals surface area contributed by atoms with Gasteiger partial charge >= 0.3 is 0 Å². The Kier molecular flexibility index (Phi) is 10.6. The van der Waals surface area contributed by atoms with E-state index in [1.165, 1.54) is 63.4 Å². The second kappa shape index (κ2) is 13.3. The zero-order valence-corrected chi connectivity index (χ0v) is 18.1. The standard InChI is InChI=1S/C25H38N2O/c1-4-6-8-10-11-13-21(3)28-24-17-15-23(16-18-24)25-26-19-22(20-27-25)14-12-9-7-5-2/h15-21H,4-14H2,1-3H3/t21-/m0/s1. The van der Waals surface area contributed by atoms with Crippen molar-refractivity contribution in [2.75, 3.05) is 0 Å². The van der Waals surface area contributed by atoms with Gasteiger partial charge < -0.3 is 4.74 Å². The lowest BCUT2D eigenvalue weighted by molar-refractivity contribution is 0.206. The normalized spacial score (nSPS) is 12.1. The van der Waals surface area contributed by atoms with E-state index in [0.29, 0.717) is 0 Å². The van der Waals surface area contributed by atoms with Gasteiger partial charge in [0.25, 0.3) is 0 Å². The summed E-state index contributed by atoms with van der Waals surface area (Å²) in [6.45, 7) is 6.66. The van der Waals surface area contributed by atoms with E-state index in [1.807, 2.05) is 24.5 Å². The smallest absolute Gasteiger partial charge is 0.159 e. The monoisotopic (exact) mass is 382 g/mol. The summed E-state index contributed by atoms with van der Waals surface area (Å²) in [5.41, 5.74) is 2.27. The second-order valence-electron chi connectivity index (χ2n) is 7.88. The summed E-state index contributed by atoms with van der Waals surface area (Å²) in [7, 11) is 0. The van der Waals surface area contributed by atoms with Crippen LogP contribution in [-0.4, -0.2) is 16.1 Å². The number of aryl methyl sites for hydroxylation is 1. The van der Waals surface area contributed by atoms with Gasteiger partial charge in [0.2, 0.25) is 0 Å². The van der Waals surface area contributed by atoms with Crippen molar-refractivity contribution in [3.05, 3.63) is 42.2 Å². The molecule has 1 heterocycles. The van der Waals surface area contributed by atoms with Crippen LogP contribution in [0.5, 0.6) is 5.75 Å². The number of aromatic nitrogens is 2. The number of benzene rings is 1. The Morgan fingerprint density at radius 1 is 0.786 bits per heavy atom. The van der Waals surface area contributed by atoms with Crippen molar-refractivity contribution in [1.29, 1.82) is 0 Å². The van der Waals surface area contributed by atoms with Gasteiger partial charge in [-0.3, -0.25) is 0 Å². The highest BCUT2D eigenvalue weighted by Gasteiger charge is 2.06. The summed E-state index contributed by atoms with van der Waals surface area (Å²) in [4.78, 5) is 9.10. The van der Waals surface area contributed by atoms with Gasteiger partial charge in [0.1, 0.15) is 5.75 Å². The highest BCUT2D eigenvalue weighted by molar-refractivity contribution is 5.55. The third-order valence-electron chi connectivity index (χ3n) is 5.19. The number of hydrogen-bond acceptors (Lipinski definition) is 3. The first-order valence-electron chi connectivity index (χ1n) is 11.3. The second-order valence-corrected chi connectivity index (χ2v) is 7.88. The topological polar surface area (TPSA) is 35.0 Å². The summed E-state index contributed by atoms with van der Waals surface area (Å²) in [5, 5.41) is 0. The summed E-state index contributed by atoms with van der Waals surface area (Å²) < 4.78 is 6.05. The Labute approximate surface area is 172 Å². The Hall–Kier alpha value is -1.90. The molecule has 3 heteroatoms. The minimum Gasteiger partial charge on any atom is -0.491 e. The summed E-state index contributed by atoms with van der Waals surface area (Å²) in [6.07, 6.45) is 18.0. The van der Waals surface area contributed by atoms with E-state index in [0.717, 1.165) is 30.0 Å². The van der Waals surface area contributed by atoms with Crippen molar-refractivity contribution >= 4 is 0 Å². The molecule has 0 unspecified atom stereocenters. The van der Waals surface area contributed by atoms with Crippen LogP contribution in [0.1, 0.15) is 90.5 Å². The molecule has 0 saturated heterocycles. The average molecular weight is 383 g/mol. The zero-order valence-electron chi connectivity index (χ0n) is 18.1. The van der Waals surface area contributed by atoms with Gasteiger partial charge in [-0.05, 0) is 62.4 Å². The molecule has 1 atom stereocenters. The number of ether oxygens (including phenoxy) is 1. The molecule has 0 saturated carbocycles. The molecule has 0 amide bonds. The van der Waals surface area contributed by atoms with Crippen molar-refractivity contribution in [3.63, 3.8) is 0 Å². The molecule has 2 aromatic rings. The fourth-order valence-corrected chi connectivity index (χ4v) is 3.40. The molecule has 0 fully saturated rings. The van der Waals surface area contributed by atoms with Crippen molar-refractivity contribution in [2.24, 2.45) is 0 Å². The maximum absolute atomic E-state index is 6.05. The summed E-state index contributed by atoms with van der Waals surface area (Å²) >= 11 is 0. The maximum Gasteiger partial charge on any atom is 0.159 e. The van der Waals surface area contributed by atoms with E-state index >= 15 is 0 Å². The molecule has 0 aliphatic rings. The first-order chi connectivity index (χ1) is 13.7. The average Bonchev–Trinajstić information content (AvgIpc) is 2.72. The highest BCUT2D eigenvalue weighted by Crippen LogP contribution is 2.21. The number of unbranched alkanes of at least 4 members (excludes halogenated alkanes) is 7. The van der Waals surface area contributed by atoms with Crippen molar-refractivity contribution < 1.29 is 4.74 Å². The van der Waals surface area contributed by atoms with Gasteiger partial charge in [0.05, 0.1) is 6.10 Å². The lowest BCUT2D eigenvalue weighted by Gasteiger charge is -2.15. The summed E-state index contributed by atoms with van der Waals surface area (Å²) in [6, 6.07) is 8.18. The van der Waals surface area contributed by atoms with Crippen LogP contribution >= 0.6 is 0 Å². The first kappa shape index (κ1) is 22.4. The third kappa shape index (κ3) is 8.41. The molecule has 0 bridgehead atoms. The van der Waals surface area contributed by atoms with Gasteiger partial charge in [0.15, 0.2) is 5.82 Å². The van der Waals surface area contributed by atoms with Gasteiger partial charge in [-0.25, -0.2) is 9.97 Å². The van der Waals surface area contributed by atoms with Gasteiger partial charge in [-0.2, -0.15) is 0 Å². The van der Waals surface area contributed by atoms with Crippen LogP contribution in [0.15, 0.2) is 36.7 Å². The molecule has 0 spiro atoms. The Morgan fingerprint density at radius 3 is 2.04 bits per heavy atom. The van der Waals surface area contributed by atoms with Gasteiger partial charge in [-0.1, -0.05) is 58.8 Å². The number of rotatable bonds is 14. The van der Waals surface area contributed by atoms with E-state index in [1.54, 1.807) is 0 Å². The number of nitrogens with zero attached hydrogens (tertiary/aromatic N) is 2. The molecule has 3 nitrogen and oxygen atoms in total. The molecule has 154 valence electrons. The molecule has 1 aromatic carbocycles. The van der Waals surface area contributed by atoms with Gasteiger partial charge in [0, 0.05) is 18.0 Å². The molecule has 0 aliphatic heterocycles. The highest BCUT2D eigenvalue weighted by atomic mass is 16.5. The molecule has 0 N–H and O–H groups in total. The molecular weight excluding hydrogens is 344 g/mol. The predicted molar refractivity (Wildman–Crippen MR) is 119 cm³/mol. The minimum atomic E-state index is 0.260. The molecule has 1 aromatic heterocycles. The van der Waals surface area contributed by atoms with E-state index in [4.69, 9.17) is 4.74 Å². The Bertz CT molecular complexity index is 637. The Balaban J connectivity index is 1.78. The van der Waals surface area contributed by atoms with Crippen LogP contribution in [0.3, 0.4) is 0 Å². The molecular formula is C25H38N2O.